The Hall–Kier alpha value is -2.53. The molecule has 1 N–H and O–H groups in total. The van der Waals surface area contributed by atoms with Gasteiger partial charge in [-0.1, -0.05) is 25.1 Å². The summed E-state index contributed by atoms with van der Waals surface area (Å²) in [6.07, 6.45) is 2.82. The maximum Gasteiger partial charge on any atom is 0.335 e. The van der Waals surface area contributed by atoms with Crippen LogP contribution in [0.3, 0.4) is 0 Å². The zero-order valence-electron chi connectivity index (χ0n) is 16.3. The Labute approximate surface area is 165 Å². The fourth-order valence-electron chi connectivity index (χ4n) is 3.79. The molecule has 28 heavy (non-hydrogen) atoms. The standard InChI is InChI=1S/C23H26FNO3/c1-3-21(16-9-11-28-12-10-16)25-22(17-5-4-6-19(24)14-17)20-8-7-18(23(26)27)13-15(20)2/h4-8,13-14,16,21H,3,9-12H2,1-2H3,(H,26,27). The van der Waals surface area contributed by atoms with Crippen LogP contribution in [0, 0.1) is 18.7 Å². The lowest BCUT2D eigenvalue weighted by Crippen LogP contribution is -2.27. The van der Waals surface area contributed by atoms with Gasteiger partial charge in [-0.2, -0.15) is 0 Å². The number of aliphatic imine (C=N–C) groups is 1. The second-order valence-corrected chi connectivity index (χ2v) is 7.25. The van der Waals surface area contributed by atoms with Crippen LogP contribution in [0.5, 0.6) is 0 Å². The minimum Gasteiger partial charge on any atom is -0.478 e. The maximum absolute atomic E-state index is 13.9. The van der Waals surface area contributed by atoms with Crippen LogP contribution < -0.4 is 0 Å². The smallest absolute Gasteiger partial charge is 0.335 e. The second kappa shape index (κ2) is 9.11. The zero-order valence-corrected chi connectivity index (χ0v) is 16.3. The summed E-state index contributed by atoms with van der Waals surface area (Å²) in [6, 6.07) is 11.5. The number of rotatable bonds is 6. The number of carboxylic acids is 1. The van der Waals surface area contributed by atoms with E-state index in [-0.39, 0.29) is 17.4 Å². The number of hydrogen-bond acceptors (Lipinski definition) is 3. The Balaban J connectivity index is 2.08. The quantitative estimate of drug-likeness (QED) is 0.724. The molecule has 2 aromatic rings. The lowest BCUT2D eigenvalue weighted by molar-refractivity contribution is 0.0583. The van der Waals surface area contributed by atoms with Crippen molar-refractivity contribution in [2.45, 2.75) is 39.2 Å². The molecule has 5 heteroatoms. The second-order valence-electron chi connectivity index (χ2n) is 7.25. The molecule has 0 radical (unpaired) electrons. The lowest BCUT2D eigenvalue weighted by Gasteiger charge is -2.28. The third-order valence-electron chi connectivity index (χ3n) is 5.35. The van der Waals surface area contributed by atoms with Gasteiger partial charge < -0.3 is 9.84 Å². The first kappa shape index (κ1) is 20.2. The molecule has 148 valence electrons. The molecule has 0 bridgehead atoms. The average molecular weight is 383 g/mol. The normalized spacial score (nSPS) is 16.8. The molecular formula is C23H26FNO3. The Kier molecular flexibility index (Phi) is 6.57. The first-order valence-corrected chi connectivity index (χ1v) is 9.75. The minimum atomic E-state index is -0.965. The van der Waals surface area contributed by atoms with Gasteiger partial charge in [-0.15, -0.1) is 0 Å². The van der Waals surface area contributed by atoms with Crippen LogP contribution in [0.4, 0.5) is 4.39 Å². The molecule has 1 atom stereocenters. The van der Waals surface area contributed by atoms with E-state index >= 15 is 0 Å². The highest BCUT2D eigenvalue weighted by molar-refractivity contribution is 6.14. The van der Waals surface area contributed by atoms with E-state index in [1.807, 2.05) is 13.0 Å². The maximum atomic E-state index is 13.9. The number of carboxylic acid groups (broad SMARTS) is 1. The van der Waals surface area contributed by atoms with Crippen molar-refractivity contribution in [1.29, 1.82) is 0 Å². The molecule has 1 heterocycles. The number of halogens is 1. The summed E-state index contributed by atoms with van der Waals surface area (Å²) in [4.78, 5) is 16.4. The van der Waals surface area contributed by atoms with E-state index in [4.69, 9.17) is 9.73 Å². The zero-order chi connectivity index (χ0) is 20.1. The summed E-state index contributed by atoms with van der Waals surface area (Å²) in [7, 11) is 0. The largest absolute Gasteiger partial charge is 0.478 e. The van der Waals surface area contributed by atoms with Crippen LogP contribution >= 0.6 is 0 Å². The molecule has 1 unspecified atom stereocenters. The van der Waals surface area contributed by atoms with E-state index in [2.05, 4.69) is 6.92 Å². The molecule has 3 rings (SSSR count). The number of hydrogen-bond donors (Lipinski definition) is 1. The van der Waals surface area contributed by atoms with Crippen LogP contribution in [0.15, 0.2) is 47.5 Å². The summed E-state index contributed by atoms with van der Waals surface area (Å²) in [5.41, 5.74) is 3.30. The minimum absolute atomic E-state index is 0.112. The van der Waals surface area contributed by atoms with E-state index in [0.717, 1.165) is 43.6 Å². The predicted octanol–water partition coefficient (Wildman–Crippen LogP) is 4.87. The lowest BCUT2D eigenvalue weighted by atomic mass is 9.89. The Bertz CT molecular complexity index is 872. The average Bonchev–Trinajstić information content (AvgIpc) is 2.70. The van der Waals surface area contributed by atoms with Gasteiger partial charge in [0.1, 0.15) is 5.82 Å². The van der Waals surface area contributed by atoms with Gasteiger partial charge in [0, 0.05) is 24.3 Å². The molecule has 4 nitrogen and oxygen atoms in total. The van der Waals surface area contributed by atoms with E-state index in [0.29, 0.717) is 17.2 Å². The summed E-state index contributed by atoms with van der Waals surface area (Å²) in [6.45, 7) is 5.48. The molecule has 1 fully saturated rings. The van der Waals surface area contributed by atoms with Gasteiger partial charge >= 0.3 is 5.97 Å². The molecule has 0 aliphatic carbocycles. The molecule has 1 saturated heterocycles. The highest BCUT2D eigenvalue weighted by Crippen LogP contribution is 2.26. The first-order valence-electron chi connectivity index (χ1n) is 9.75. The number of nitrogens with zero attached hydrogens (tertiary/aromatic N) is 1. The van der Waals surface area contributed by atoms with Crippen molar-refractivity contribution in [2.75, 3.05) is 13.2 Å². The van der Waals surface area contributed by atoms with Crippen molar-refractivity contribution in [1.82, 2.24) is 0 Å². The molecular weight excluding hydrogens is 357 g/mol. The summed E-state index contributed by atoms with van der Waals surface area (Å²) >= 11 is 0. The van der Waals surface area contributed by atoms with Gasteiger partial charge in [0.15, 0.2) is 0 Å². The number of carbonyl (C=O) groups is 1. The molecule has 1 aliphatic heterocycles. The van der Waals surface area contributed by atoms with Gasteiger partial charge in [-0.25, -0.2) is 9.18 Å². The van der Waals surface area contributed by atoms with Crippen molar-refractivity contribution < 1.29 is 19.0 Å². The Morgan fingerprint density at radius 3 is 2.57 bits per heavy atom. The first-order chi connectivity index (χ1) is 13.5. The van der Waals surface area contributed by atoms with E-state index in [1.165, 1.54) is 12.1 Å². The van der Waals surface area contributed by atoms with Crippen molar-refractivity contribution >= 4 is 11.7 Å². The highest BCUT2D eigenvalue weighted by Gasteiger charge is 2.24. The molecule has 2 aromatic carbocycles. The van der Waals surface area contributed by atoms with Crippen molar-refractivity contribution in [2.24, 2.45) is 10.9 Å². The monoisotopic (exact) mass is 383 g/mol. The van der Waals surface area contributed by atoms with E-state index in [9.17, 15) is 14.3 Å². The van der Waals surface area contributed by atoms with Gasteiger partial charge in [-0.3, -0.25) is 4.99 Å². The topological polar surface area (TPSA) is 58.9 Å². The van der Waals surface area contributed by atoms with Crippen LogP contribution in [0.1, 0.15) is 53.2 Å². The summed E-state index contributed by atoms with van der Waals surface area (Å²) in [5, 5.41) is 9.25. The van der Waals surface area contributed by atoms with Gasteiger partial charge in [0.05, 0.1) is 17.3 Å². The summed E-state index contributed by atoms with van der Waals surface area (Å²) in [5.74, 6) is -0.849. The van der Waals surface area contributed by atoms with Crippen LogP contribution in [0.2, 0.25) is 0 Å². The molecule has 1 aliphatic rings. The molecule has 0 aromatic heterocycles. The number of aromatic carboxylic acids is 1. The van der Waals surface area contributed by atoms with Crippen molar-refractivity contribution in [3.8, 4) is 0 Å². The van der Waals surface area contributed by atoms with Crippen molar-refractivity contribution in [3.05, 3.63) is 70.5 Å². The van der Waals surface area contributed by atoms with Crippen molar-refractivity contribution in [3.63, 3.8) is 0 Å². The Morgan fingerprint density at radius 2 is 1.96 bits per heavy atom. The Morgan fingerprint density at radius 1 is 1.21 bits per heavy atom. The van der Waals surface area contributed by atoms with Crippen LogP contribution in [0.25, 0.3) is 0 Å². The third-order valence-corrected chi connectivity index (χ3v) is 5.35. The van der Waals surface area contributed by atoms with E-state index in [1.54, 1.807) is 24.3 Å². The molecule has 0 saturated carbocycles. The van der Waals surface area contributed by atoms with Gasteiger partial charge in [-0.05, 0) is 61.9 Å². The molecule has 0 spiro atoms. The van der Waals surface area contributed by atoms with E-state index < -0.39 is 5.97 Å². The third kappa shape index (κ3) is 4.65. The fraction of sp³-hybridized carbons (Fsp3) is 0.391. The van der Waals surface area contributed by atoms with Gasteiger partial charge in [0.25, 0.3) is 0 Å². The predicted molar refractivity (Wildman–Crippen MR) is 108 cm³/mol. The molecule has 0 amide bonds. The van der Waals surface area contributed by atoms with Gasteiger partial charge in [0.2, 0.25) is 0 Å². The number of aryl methyl sites for hydroxylation is 1. The summed E-state index contributed by atoms with van der Waals surface area (Å²) < 4.78 is 19.4. The SMILES string of the molecule is CCC(N=C(c1cccc(F)c1)c1ccc(C(=O)O)cc1C)C1CCOCC1. The highest BCUT2D eigenvalue weighted by atomic mass is 19.1. The number of benzene rings is 2. The number of ether oxygens (including phenoxy) is 1. The fourth-order valence-corrected chi connectivity index (χ4v) is 3.79. The van der Waals surface area contributed by atoms with Crippen LogP contribution in [-0.2, 0) is 4.74 Å². The van der Waals surface area contributed by atoms with Crippen LogP contribution in [-0.4, -0.2) is 36.0 Å².